The Kier molecular flexibility index (Phi) is 3.95. The van der Waals surface area contributed by atoms with Gasteiger partial charge >= 0.3 is 0 Å². The standard InChI is InChI=1S/C18H12.C6H6/c1-2-7-15-12-18-16(11-14(15)6-1)10-9-13-5-3-4-8-17(13)18;1-2-4-6-5-3-1/h1-12H;1-6H. The summed E-state index contributed by atoms with van der Waals surface area (Å²) < 4.78 is 0. The minimum absolute atomic E-state index is 1.31. The molecule has 114 valence electrons. The molecule has 0 unspecified atom stereocenters. The molecular formula is C24H18. The van der Waals surface area contributed by atoms with Gasteiger partial charge in [0, 0.05) is 0 Å². The minimum Gasteiger partial charge on any atom is -0.0623 e. The average Bonchev–Trinajstić information content (AvgIpc) is 2.68. The van der Waals surface area contributed by atoms with Crippen LogP contribution in [0.25, 0.3) is 32.3 Å². The lowest BCUT2D eigenvalue weighted by Crippen LogP contribution is -1.79. The van der Waals surface area contributed by atoms with Gasteiger partial charge in [0.05, 0.1) is 0 Å². The van der Waals surface area contributed by atoms with Crippen molar-refractivity contribution >= 4 is 32.3 Å². The average molecular weight is 306 g/mol. The van der Waals surface area contributed by atoms with E-state index in [1.807, 2.05) is 36.4 Å². The molecule has 0 atom stereocenters. The molecule has 0 radical (unpaired) electrons. The van der Waals surface area contributed by atoms with Crippen molar-refractivity contribution < 1.29 is 0 Å². The van der Waals surface area contributed by atoms with Crippen LogP contribution in [-0.4, -0.2) is 0 Å². The van der Waals surface area contributed by atoms with Gasteiger partial charge in [0.1, 0.15) is 0 Å². The molecule has 0 spiro atoms. The Hall–Kier alpha value is -3.12. The second-order valence-electron chi connectivity index (χ2n) is 5.86. The highest BCUT2D eigenvalue weighted by molar-refractivity contribution is 6.11. The van der Waals surface area contributed by atoms with Crippen LogP contribution in [0.1, 0.15) is 0 Å². The molecule has 0 heterocycles. The molecule has 0 aliphatic rings. The molecule has 5 rings (SSSR count). The largest absolute Gasteiger partial charge is 0.0623 e. The molecule has 24 heavy (non-hydrogen) atoms. The summed E-state index contributed by atoms with van der Waals surface area (Å²) in [7, 11) is 0. The molecule has 5 aromatic rings. The maximum atomic E-state index is 2.30. The molecule has 0 saturated carbocycles. The topological polar surface area (TPSA) is 0 Å². The molecule has 0 aliphatic carbocycles. The van der Waals surface area contributed by atoms with Crippen LogP contribution in [0.2, 0.25) is 0 Å². The van der Waals surface area contributed by atoms with Crippen LogP contribution in [0, 0.1) is 0 Å². The van der Waals surface area contributed by atoms with E-state index in [2.05, 4.69) is 72.8 Å². The van der Waals surface area contributed by atoms with Crippen molar-refractivity contribution in [3.8, 4) is 0 Å². The fourth-order valence-electron chi connectivity index (χ4n) is 3.08. The van der Waals surface area contributed by atoms with Gasteiger partial charge in [-0.3, -0.25) is 0 Å². The Morgan fingerprint density at radius 2 is 0.792 bits per heavy atom. The maximum Gasteiger partial charge on any atom is -0.00990 e. The smallest absolute Gasteiger partial charge is 0.00990 e. The molecule has 0 nitrogen and oxygen atoms in total. The molecule has 0 N–H and O–H groups in total. The van der Waals surface area contributed by atoms with Crippen LogP contribution in [-0.2, 0) is 0 Å². The first kappa shape index (κ1) is 14.5. The molecule has 0 aromatic heterocycles. The van der Waals surface area contributed by atoms with Crippen molar-refractivity contribution in [2.24, 2.45) is 0 Å². The van der Waals surface area contributed by atoms with Crippen LogP contribution in [0.15, 0.2) is 109 Å². The summed E-state index contributed by atoms with van der Waals surface area (Å²) in [6, 6.07) is 38.1. The number of benzene rings is 5. The van der Waals surface area contributed by atoms with E-state index in [0.29, 0.717) is 0 Å². The zero-order valence-corrected chi connectivity index (χ0v) is 13.4. The highest BCUT2D eigenvalue weighted by Gasteiger charge is 2.01. The van der Waals surface area contributed by atoms with Gasteiger partial charge in [0.2, 0.25) is 0 Å². The predicted molar refractivity (Wildman–Crippen MR) is 105 cm³/mol. The van der Waals surface area contributed by atoms with Gasteiger partial charge in [-0.1, -0.05) is 97.1 Å². The van der Waals surface area contributed by atoms with E-state index in [4.69, 9.17) is 0 Å². The summed E-state index contributed by atoms with van der Waals surface area (Å²) in [6.07, 6.45) is 0. The lowest BCUT2D eigenvalue weighted by atomic mass is 9.98. The van der Waals surface area contributed by atoms with Crippen LogP contribution < -0.4 is 0 Å². The third-order valence-electron chi connectivity index (χ3n) is 4.28. The highest BCUT2D eigenvalue weighted by atomic mass is 14.1. The zero-order chi connectivity index (χ0) is 16.2. The highest BCUT2D eigenvalue weighted by Crippen LogP contribution is 2.29. The third-order valence-corrected chi connectivity index (χ3v) is 4.28. The maximum absolute atomic E-state index is 2.30. The molecule has 0 saturated heterocycles. The van der Waals surface area contributed by atoms with Crippen molar-refractivity contribution in [1.29, 1.82) is 0 Å². The predicted octanol–water partition coefficient (Wildman–Crippen LogP) is 6.83. The normalized spacial score (nSPS) is 10.5. The first-order valence-electron chi connectivity index (χ1n) is 8.22. The second-order valence-corrected chi connectivity index (χ2v) is 5.86. The van der Waals surface area contributed by atoms with Gasteiger partial charge in [-0.2, -0.15) is 0 Å². The Morgan fingerprint density at radius 1 is 0.292 bits per heavy atom. The van der Waals surface area contributed by atoms with E-state index in [9.17, 15) is 0 Å². The fraction of sp³-hybridized carbons (Fsp3) is 0. The summed E-state index contributed by atoms with van der Waals surface area (Å²) in [6.45, 7) is 0. The van der Waals surface area contributed by atoms with Gasteiger partial charge < -0.3 is 0 Å². The molecule has 5 aromatic carbocycles. The quantitative estimate of drug-likeness (QED) is 0.217. The van der Waals surface area contributed by atoms with E-state index < -0.39 is 0 Å². The molecule has 0 amide bonds. The van der Waals surface area contributed by atoms with Gasteiger partial charge in [-0.15, -0.1) is 0 Å². The Labute approximate surface area is 142 Å². The van der Waals surface area contributed by atoms with Gasteiger partial charge in [0.25, 0.3) is 0 Å². The van der Waals surface area contributed by atoms with Crippen LogP contribution in [0.3, 0.4) is 0 Å². The van der Waals surface area contributed by atoms with E-state index in [1.165, 1.54) is 32.3 Å². The Bertz CT molecular complexity index is 1060. The Morgan fingerprint density at radius 3 is 1.46 bits per heavy atom. The first-order chi connectivity index (χ1) is 11.9. The van der Waals surface area contributed by atoms with Gasteiger partial charge in [-0.05, 0) is 44.5 Å². The van der Waals surface area contributed by atoms with E-state index in [0.717, 1.165) is 0 Å². The van der Waals surface area contributed by atoms with Crippen molar-refractivity contribution in [2.45, 2.75) is 0 Å². The van der Waals surface area contributed by atoms with Gasteiger partial charge in [-0.25, -0.2) is 0 Å². The molecule has 0 heteroatoms. The van der Waals surface area contributed by atoms with E-state index in [1.54, 1.807) is 0 Å². The molecule has 0 bridgehead atoms. The lowest BCUT2D eigenvalue weighted by molar-refractivity contribution is 1.72. The summed E-state index contributed by atoms with van der Waals surface area (Å²) in [4.78, 5) is 0. The monoisotopic (exact) mass is 306 g/mol. The lowest BCUT2D eigenvalue weighted by Gasteiger charge is -2.06. The van der Waals surface area contributed by atoms with Crippen molar-refractivity contribution in [3.05, 3.63) is 109 Å². The SMILES string of the molecule is c1ccc2cc3c(ccc4ccccc43)cc2c1.c1ccccc1. The number of hydrogen-bond donors (Lipinski definition) is 0. The fourth-order valence-corrected chi connectivity index (χ4v) is 3.08. The minimum atomic E-state index is 1.31. The van der Waals surface area contributed by atoms with Crippen molar-refractivity contribution in [3.63, 3.8) is 0 Å². The third kappa shape index (κ3) is 2.87. The van der Waals surface area contributed by atoms with Crippen LogP contribution in [0.5, 0.6) is 0 Å². The number of hydrogen-bond acceptors (Lipinski definition) is 0. The van der Waals surface area contributed by atoms with Gasteiger partial charge in [0.15, 0.2) is 0 Å². The van der Waals surface area contributed by atoms with E-state index in [-0.39, 0.29) is 0 Å². The van der Waals surface area contributed by atoms with Crippen molar-refractivity contribution in [1.82, 2.24) is 0 Å². The van der Waals surface area contributed by atoms with Crippen molar-refractivity contribution in [2.75, 3.05) is 0 Å². The van der Waals surface area contributed by atoms with E-state index >= 15 is 0 Å². The molecule has 0 aliphatic heterocycles. The molecule has 0 fully saturated rings. The summed E-state index contributed by atoms with van der Waals surface area (Å²) >= 11 is 0. The first-order valence-corrected chi connectivity index (χ1v) is 8.22. The number of fused-ring (bicyclic) bond motifs is 4. The van der Waals surface area contributed by atoms with Crippen LogP contribution in [0.4, 0.5) is 0 Å². The molecular weight excluding hydrogens is 288 g/mol. The van der Waals surface area contributed by atoms with Crippen LogP contribution >= 0.6 is 0 Å². The Balaban J connectivity index is 0.000000207. The zero-order valence-electron chi connectivity index (χ0n) is 13.4. The second kappa shape index (κ2) is 6.55. The number of rotatable bonds is 0. The summed E-state index contributed by atoms with van der Waals surface area (Å²) in [5.41, 5.74) is 0. The summed E-state index contributed by atoms with van der Waals surface area (Å²) in [5.74, 6) is 0. The summed E-state index contributed by atoms with van der Waals surface area (Å²) in [5, 5.41) is 7.90.